The van der Waals surface area contributed by atoms with Gasteiger partial charge in [0, 0.05) is 25.7 Å². The highest BCUT2D eigenvalue weighted by molar-refractivity contribution is 5.85. The summed E-state index contributed by atoms with van der Waals surface area (Å²) in [6.07, 6.45) is -1.89. The zero-order valence-corrected chi connectivity index (χ0v) is 15.1. The Kier molecular flexibility index (Phi) is 11.0. The molecule has 0 radical (unpaired) electrons. The van der Waals surface area contributed by atoms with E-state index in [2.05, 4.69) is 5.32 Å². The van der Waals surface area contributed by atoms with E-state index in [1.165, 1.54) is 6.92 Å². The van der Waals surface area contributed by atoms with Gasteiger partial charge in [-0.1, -0.05) is 0 Å². The predicted octanol–water partition coefficient (Wildman–Crippen LogP) is -1.46. The summed E-state index contributed by atoms with van der Waals surface area (Å²) in [4.78, 5) is 44.6. The van der Waals surface area contributed by atoms with Crippen LogP contribution in [0.25, 0.3) is 0 Å². The second-order valence-electron chi connectivity index (χ2n) is 6.29. The van der Waals surface area contributed by atoms with Crippen LogP contribution >= 0.6 is 12.4 Å². The van der Waals surface area contributed by atoms with Crippen LogP contribution < -0.4 is 10.4 Å². The standard InChI is InChI=1S/C14H24N2O7.ClH/c1-9(17)15-11(5-6-12(18)19)14(22)23-10(7-13(20)21)8-16(2,3)4;/h10-11H,5-8H2,1-4H3,(H2-,15,17,18,19,20,21);1H/t10?,11-;/m0./s1. The second-order valence-corrected chi connectivity index (χ2v) is 6.29. The van der Waals surface area contributed by atoms with Gasteiger partial charge in [-0.25, -0.2) is 4.79 Å². The lowest BCUT2D eigenvalue weighted by Gasteiger charge is -2.30. The third kappa shape index (κ3) is 12.7. The van der Waals surface area contributed by atoms with E-state index >= 15 is 0 Å². The summed E-state index contributed by atoms with van der Waals surface area (Å²) < 4.78 is 5.50. The molecule has 1 unspecified atom stereocenters. The third-order valence-electron chi connectivity index (χ3n) is 2.74. The molecule has 0 aliphatic heterocycles. The number of aliphatic carboxylic acids is 2. The molecule has 0 saturated carbocycles. The maximum absolute atomic E-state index is 12.1. The molecule has 0 aromatic carbocycles. The Morgan fingerprint density at radius 1 is 1.21 bits per heavy atom. The first-order valence-corrected chi connectivity index (χ1v) is 7.10. The quantitative estimate of drug-likeness (QED) is 0.355. The molecule has 140 valence electrons. The van der Waals surface area contributed by atoms with Crippen molar-refractivity contribution in [2.24, 2.45) is 0 Å². The van der Waals surface area contributed by atoms with Gasteiger partial charge in [-0.2, -0.15) is 0 Å². The van der Waals surface area contributed by atoms with E-state index in [0.29, 0.717) is 4.48 Å². The van der Waals surface area contributed by atoms with Crippen molar-refractivity contribution < 1.29 is 38.6 Å². The van der Waals surface area contributed by atoms with Crippen LogP contribution in [0.5, 0.6) is 0 Å². The number of likely N-dealkylation sites (N-methyl/N-ethyl adjacent to an activating group) is 1. The van der Waals surface area contributed by atoms with Crippen molar-refractivity contribution in [2.75, 3.05) is 27.7 Å². The highest BCUT2D eigenvalue weighted by atomic mass is 35.5. The Morgan fingerprint density at radius 2 is 1.75 bits per heavy atom. The molecular weight excluding hydrogens is 344 g/mol. The maximum atomic E-state index is 12.1. The Bertz CT molecular complexity index is 463. The van der Waals surface area contributed by atoms with Crippen molar-refractivity contribution in [2.45, 2.75) is 38.3 Å². The minimum atomic E-state index is -1.36. The molecule has 1 amide bonds. The summed E-state index contributed by atoms with van der Waals surface area (Å²) in [5.74, 6) is -3.86. The van der Waals surface area contributed by atoms with Gasteiger partial charge in [0.1, 0.15) is 12.6 Å². The summed E-state index contributed by atoms with van der Waals surface area (Å²) in [6, 6.07) is -1.14. The lowest BCUT2D eigenvalue weighted by molar-refractivity contribution is -0.873. The van der Waals surface area contributed by atoms with Gasteiger partial charge in [-0.05, 0) is 6.42 Å². The fraction of sp³-hybridized carbons (Fsp3) is 0.714. The smallest absolute Gasteiger partial charge is 0.329 e. The van der Waals surface area contributed by atoms with E-state index in [0.717, 1.165) is 0 Å². The molecule has 0 aromatic heterocycles. The van der Waals surface area contributed by atoms with E-state index in [1.807, 2.05) is 0 Å². The number of halogens is 1. The Labute approximate surface area is 147 Å². The van der Waals surface area contributed by atoms with E-state index < -0.39 is 42.4 Å². The van der Waals surface area contributed by atoms with Crippen molar-refractivity contribution in [1.82, 2.24) is 5.32 Å². The summed E-state index contributed by atoms with van der Waals surface area (Å²) in [5, 5.41) is 21.8. The molecule has 24 heavy (non-hydrogen) atoms. The first-order valence-electron chi connectivity index (χ1n) is 7.10. The molecule has 9 nitrogen and oxygen atoms in total. The van der Waals surface area contributed by atoms with Crippen LogP contribution in [0, 0.1) is 0 Å². The predicted molar refractivity (Wildman–Crippen MR) is 84.1 cm³/mol. The van der Waals surface area contributed by atoms with Gasteiger partial charge in [0.25, 0.3) is 0 Å². The number of ether oxygens (including phenoxy) is 1. The van der Waals surface area contributed by atoms with Crippen LogP contribution in [0.2, 0.25) is 0 Å². The molecule has 2 atom stereocenters. The number of carboxylic acid groups (broad SMARTS) is 2. The van der Waals surface area contributed by atoms with Crippen LogP contribution in [0.4, 0.5) is 0 Å². The zero-order chi connectivity index (χ0) is 18.2. The lowest BCUT2D eigenvalue weighted by atomic mass is 10.1. The number of nitrogens with one attached hydrogen (secondary N) is 1. The minimum absolute atomic E-state index is 0. The molecule has 0 bridgehead atoms. The molecule has 0 aromatic rings. The number of carboxylic acids is 2. The van der Waals surface area contributed by atoms with Crippen LogP contribution in [0.1, 0.15) is 26.2 Å². The van der Waals surface area contributed by atoms with Gasteiger partial charge in [0.2, 0.25) is 5.91 Å². The molecule has 0 fully saturated rings. The van der Waals surface area contributed by atoms with Gasteiger partial charge in [-0.3, -0.25) is 9.59 Å². The Morgan fingerprint density at radius 3 is 2.12 bits per heavy atom. The first kappa shape index (κ1) is 24.4. The molecule has 0 aliphatic rings. The molecule has 0 spiro atoms. The Hall–Kier alpha value is -1.87. The molecule has 0 heterocycles. The number of nitrogens with zero attached hydrogens (tertiary/aromatic N) is 1. The fourth-order valence-corrected chi connectivity index (χ4v) is 1.95. The molecule has 0 aliphatic carbocycles. The number of quaternary nitrogens is 1. The normalized spacial score (nSPS) is 13.2. The number of carbonyl (C=O) groups excluding carboxylic acids is 3. The minimum Gasteiger partial charge on any atom is -0.550 e. The molecular formula is C14H25ClN2O7. The number of hydrogen-bond acceptors (Lipinski definition) is 6. The van der Waals surface area contributed by atoms with E-state index in [-0.39, 0.29) is 31.8 Å². The van der Waals surface area contributed by atoms with E-state index in [9.17, 15) is 24.3 Å². The van der Waals surface area contributed by atoms with Crippen molar-refractivity contribution in [1.29, 1.82) is 0 Å². The fourth-order valence-electron chi connectivity index (χ4n) is 1.95. The van der Waals surface area contributed by atoms with Crippen LogP contribution in [-0.4, -0.2) is 73.2 Å². The van der Waals surface area contributed by atoms with Crippen molar-refractivity contribution in [3.63, 3.8) is 0 Å². The van der Waals surface area contributed by atoms with Crippen LogP contribution in [-0.2, 0) is 23.9 Å². The molecule has 10 heteroatoms. The number of amides is 1. The second kappa shape index (κ2) is 10.8. The molecule has 0 saturated heterocycles. The summed E-state index contributed by atoms with van der Waals surface area (Å²) in [7, 11) is 5.39. The summed E-state index contributed by atoms with van der Waals surface area (Å²) in [6.45, 7) is 1.41. The van der Waals surface area contributed by atoms with Crippen LogP contribution in [0.15, 0.2) is 0 Å². The topological polar surface area (TPSA) is 133 Å². The van der Waals surface area contributed by atoms with E-state index in [4.69, 9.17) is 9.84 Å². The van der Waals surface area contributed by atoms with E-state index in [1.54, 1.807) is 21.1 Å². The highest BCUT2D eigenvalue weighted by Crippen LogP contribution is 2.08. The average molecular weight is 369 g/mol. The van der Waals surface area contributed by atoms with Crippen molar-refractivity contribution >= 4 is 36.2 Å². The van der Waals surface area contributed by atoms with Gasteiger partial charge >= 0.3 is 11.9 Å². The van der Waals surface area contributed by atoms with Gasteiger partial charge < -0.3 is 29.5 Å². The Balaban J connectivity index is 0. The number of rotatable bonds is 10. The monoisotopic (exact) mass is 368 g/mol. The summed E-state index contributed by atoms with van der Waals surface area (Å²) >= 11 is 0. The molecule has 0 rings (SSSR count). The molecule has 2 N–H and O–H groups in total. The zero-order valence-electron chi connectivity index (χ0n) is 14.2. The summed E-state index contributed by atoms with van der Waals surface area (Å²) in [5.41, 5.74) is 0. The largest absolute Gasteiger partial charge is 0.550 e. The van der Waals surface area contributed by atoms with Crippen molar-refractivity contribution in [3.05, 3.63) is 0 Å². The van der Waals surface area contributed by atoms with Crippen LogP contribution in [0.3, 0.4) is 0 Å². The maximum Gasteiger partial charge on any atom is 0.329 e. The van der Waals surface area contributed by atoms with Gasteiger partial charge in [0.05, 0.1) is 21.1 Å². The van der Waals surface area contributed by atoms with Crippen molar-refractivity contribution in [3.8, 4) is 0 Å². The van der Waals surface area contributed by atoms with Gasteiger partial charge in [0.15, 0.2) is 6.10 Å². The van der Waals surface area contributed by atoms with Gasteiger partial charge in [-0.15, -0.1) is 12.4 Å². The number of hydrogen-bond donors (Lipinski definition) is 2. The number of esters is 1. The lowest BCUT2D eigenvalue weighted by Crippen LogP contribution is -2.48. The number of carbonyl (C=O) groups is 4. The first-order chi connectivity index (χ1) is 10.4. The third-order valence-corrected chi connectivity index (χ3v) is 2.74. The SMILES string of the molecule is CC(=O)N[C@@H](CCC(=O)O)C(=O)OC(CC(=O)[O-])C[N+](C)(C)C.Cl. The average Bonchev–Trinajstić information content (AvgIpc) is 2.30. The highest BCUT2D eigenvalue weighted by Gasteiger charge is 2.28.